The first-order valence-corrected chi connectivity index (χ1v) is 4.03. The van der Waals surface area contributed by atoms with Gasteiger partial charge in [0.2, 0.25) is 0 Å². The third-order valence-electron chi connectivity index (χ3n) is 1.76. The van der Waals surface area contributed by atoms with E-state index in [9.17, 15) is 4.79 Å². The smallest absolute Gasteiger partial charge is 0.120 e. The van der Waals surface area contributed by atoms with Crippen molar-refractivity contribution in [3.8, 4) is 0 Å². The van der Waals surface area contributed by atoms with Crippen molar-refractivity contribution in [3.05, 3.63) is 23.8 Å². The maximum absolute atomic E-state index is 10.1. The molecule has 0 radical (unpaired) electrons. The first kappa shape index (κ1) is 10.2. The molecule has 11 heavy (non-hydrogen) atoms. The summed E-state index contributed by atoms with van der Waals surface area (Å²) in [4.78, 5) is 10.1. The molecule has 0 saturated carbocycles. The number of allylic oxidation sites excluding steroid dienone is 3. The van der Waals surface area contributed by atoms with Gasteiger partial charge in [-0.3, -0.25) is 0 Å². The molecular weight excluding hydrogens is 136 g/mol. The van der Waals surface area contributed by atoms with Crippen LogP contribution >= 0.6 is 0 Å². The van der Waals surface area contributed by atoms with Crippen molar-refractivity contribution in [2.24, 2.45) is 0 Å². The topological polar surface area (TPSA) is 17.1 Å². The predicted octanol–water partition coefficient (Wildman–Crippen LogP) is 2.88. The number of hydrogen-bond acceptors (Lipinski definition) is 1. The Hall–Kier alpha value is -0.850. The van der Waals surface area contributed by atoms with Crippen LogP contribution in [0.4, 0.5) is 0 Å². The van der Waals surface area contributed by atoms with E-state index in [-0.39, 0.29) is 0 Å². The van der Waals surface area contributed by atoms with Crippen LogP contribution in [-0.2, 0) is 4.79 Å². The maximum atomic E-state index is 10.1. The van der Waals surface area contributed by atoms with Crippen molar-refractivity contribution < 1.29 is 4.79 Å². The summed E-state index contributed by atoms with van der Waals surface area (Å²) in [6, 6.07) is 0. The van der Waals surface area contributed by atoms with Gasteiger partial charge in [0.25, 0.3) is 0 Å². The van der Waals surface area contributed by atoms with Crippen LogP contribution in [0.5, 0.6) is 0 Å². The molecule has 0 aliphatic heterocycles. The molecule has 0 amide bonds. The largest absolute Gasteiger partial charge is 0.303 e. The standard InChI is InChI=1S/C10H16O/c1-4-9(3)10(5-2)7-6-8-11/h5,8H,3-4,6-7H2,1-2H3/b10-5+. The van der Waals surface area contributed by atoms with Gasteiger partial charge in [-0.25, -0.2) is 0 Å². The van der Waals surface area contributed by atoms with E-state index >= 15 is 0 Å². The lowest BCUT2D eigenvalue weighted by Gasteiger charge is -2.05. The number of hydrogen-bond donors (Lipinski definition) is 0. The van der Waals surface area contributed by atoms with E-state index in [0.29, 0.717) is 6.42 Å². The molecule has 0 N–H and O–H groups in total. The van der Waals surface area contributed by atoms with Gasteiger partial charge >= 0.3 is 0 Å². The van der Waals surface area contributed by atoms with Gasteiger partial charge in [0.1, 0.15) is 6.29 Å². The summed E-state index contributed by atoms with van der Waals surface area (Å²) in [7, 11) is 0. The molecule has 0 aromatic rings. The van der Waals surface area contributed by atoms with Gasteiger partial charge in [-0.05, 0) is 25.3 Å². The third kappa shape index (κ3) is 3.76. The van der Waals surface area contributed by atoms with Crippen molar-refractivity contribution in [3.63, 3.8) is 0 Å². The van der Waals surface area contributed by atoms with E-state index < -0.39 is 0 Å². The molecule has 0 heterocycles. The first-order valence-electron chi connectivity index (χ1n) is 4.03. The van der Waals surface area contributed by atoms with Gasteiger partial charge in [0.05, 0.1) is 0 Å². The summed E-state index contributed by atoms with van der Waals surface area (Å²) >= 11 is 0. The molecule has 0 aromatic heterocycles. The van der Waals surface area contributed by atoms with Crippen LogP contribution in [0.1, 0.15) is 33.1 Å². The van der Waals surface area contributed by atoms with E-state index in [1.54, 1.807) is 0 Å². The Balaban J connectivity index is 3.97. The number of aldehydes is 1. The van der Waals surface area contributed by atoms with Crippen LogP contribution in [-0.4, -0.2) is 6.29 Å². The second-order valence-corrected chi connectivity index (χ2v) is 2.48. The maximum Gasteiger partial charge on any atom is 0.120 e. The van der Waals surface area contributed by atoms with E-state index in [0.717, 1.165) is 24.7 Å². The quantitative estimate of drug-likeness (QED) is 0.437. The molecule has 0 fully saturated rings. The van der Waals surface area contributed by atoms with Gasteiger partial charge in [-0.1, -0.05) is 25.2 Å². The Labute approximate surface area is 68.8 Å². The summed E-state index contributed by atoms with van der Waals surface area (Å²) in [6.45, 7) is 7.98. The minimum Gasteiger partial charge on any atom is -0.303 e. The lowest BCUT2D eigenvalue weighted by atomic mass is 10.0. The highest BCUT2D eigenvalue weighted by Crippen LogP contribution is 2.15. The summed E-state index contributed by atoms with van der Waals surface area (Å²) in [5, 5.41) is 0. The van der Waals surface area contributed by atoms with Gasteiger partial charge in [-0.2, -0.15) is 0 Å². The van der Waals surface area contributed by atoms with Gasteiger partial charge in [-0.15, -0.1) is 0 Å². The minimum absolute atomic E-state index is 0.610. The lowest BCUT2D eigenvalue weighted by Crippen LogP contribution is -1.87. The molecule has 0 bridgehead atoms. The van der Waals surface area contributed by atoms with E-state index in [1.165, 1.54) is 5.57 Å². The van der Waals surface area contributed by atoms with Crippen molar-refractivity contribution >= 4 is 6.29 Å². The molecule has 0 unspecified atom stereocenters. The normalized spacial score (nSPS) is 11.3. The molecule has 0 aliphatic carbocycles. The highest BCUT2D eigenvalue weighted by molar-refractivity contribution is 5.50. The summed E-state index contributed by atoms with van der Waals surface area (Å²) in [5.74, 6) is 0. The molecule has 1 heteroatoms. The Morgan fingerprint density at radius 2 is 2.18 bits per heavy atom. The highest BCUT2D eigenvalue weighted by Gasteiger charge is 1.97. The Kier molecular flexibility index (Phi) is 5.44. The monoisotopic (exact) mass is 152 g/mol. The number of rotatable bonds is 5. The molecule has 0 saturated heterocycles. The van der Waals surface area contributed by atoms with Crippen LogP contribution in [0, 0.1) is 0 Å². The fraction of sp³-hybridized carbons (Fsp3) is 0.500. The second-order valence-electron chi connectivity index (χ2n) is 2.48. The summed E-state index contributed by atoms with van der Waals surface area (Å²) in [6.07, 6.45) is 5.41. The van der Waals surface area contributed by atoms with Crippen LogP contribution in [0.3, 0.4) is 0 Å². The Morgan fingerprint density at radius 3 is 2.55 bits per heavy atom. The first-order chi connectivity index (χ1) is 5.26. The van der Waals surface area contributed by atoms with Gasteiger partial charge < -0.3 is 4.79 Å². The van der Waals surface area contributed by atoms with Gasteiger partial charge in [0.15, 0.2) is 0 Å². The molecule has 0 spiro atoms. The fourth-order valence-electron chi connectivity index (χ4n) is 0.967. The van der Waals surface area contributed by atoms with Crippen LogP contribution in [0.15, 0.2) is 23.8 Å². The predicted molar refractivity (Wildman–Crippen MR) is 48.5 cm³/mol. The van der Waals surface area contributed by atoms with E-state index in [2.05, 4.69) is 13.5 Å². The van der Waals surface area contributed by atoms with E-state index in [1.807, 2.05) is 13.0 Å². The number of carbonyl (C=O) groups excluding carboxylic acids is 1. The van der Waals surface area contributed by atoms with Gasteiger partial charge in [0, 0.05) is 6.42 Å². The summed E-state index contributed by atoms with van der Waals surface area (Å²) in [5.41, 5.74) is 2.37. The zero-order chi connectivity index (χ0) is 8.69. The van der Waals surface area contributed by atoms with Crippen LogP contribution < -0.4 is 0 Å². The second kappa shape index (κ2) is 5.90. The highest BCUT2D eigenvalue weighted by atomic mass is 16.1. The third-order valence-corrected chi connectivity index (χ3v) is 1.76. The van der Waals surface area contributed by atoms with Crippen molar-refractivity contribution in [2.45, 2.75) is 33.1 Å². The average molecular weight is 152 g/mol. The summed E-state index contributed by atoms with van der Waals surface area (Å²) < 4.78 is 0. The van der Waals surface area contributed by atoms with Crippen molar-refractivity contribution in [2.75, 3.05) is 0 Å². The molecule has 0 aromatic carbocycles. The van der Waals surface area contributed by atoms with Crippen LogP contribution in [0.25, 0.3) is 0 Å². The Bertz CT molecular complexity index is 166. The molecular formula is C10H16O. The molecule has 0 atom stereocenters. The van der Waals surface area contributed by atoms with Crippen LogP contribution in [0.2, 0.25) is 0 Å². The van der Waals surface area contributed by atoms with Crippen molar-refractivity contribution in [1.82, 2.24) is 0 Å². The Morgan fingerprint density at radius 1 is 1.55 bits per heavy atom. The zero-order valence-electron chi connectivity index (χ0n) is 7.39. The fourth-order valence-corrected chi connectivity index (χ4v) is 0.967. The molecule has 62 valence electrons. The average Bonchev–Trinajstić information content (AvgIpc) is 2.05. The molecule has 0 rings (SSSR count). The minimum atomic E-state index is 0.610. The molecule has 1 nitrogen and oxygen atoms in total. The molecule has 0 aliphatic rings. The van der Waals surface area contributed by atoms with Crippen molar-refractivity contribution in [1.29, 1.82) is 0 Å². The van der Waals surface area contributed by atoms with E-state index in [4.69, 9.17) is 0 Å². The SMILES string of the molecule is C=C(CC)/C(=C/C)CCC=O. The number of carbonyl (C=O) groups is 1. The lowest BCUT2D eigenvalue weighted by molar-refractivity contribution is -0.107. The zero-order valence-corrected chi connectivity index (χ0v) is 7.39.